The van der Waals surface area contributed by atoms with Gasteiger partial charge in [0.15, 0.2) is 0 Å². The number of hydrogen-bond acceptors (Lipinski definition) is 5. The molecule has 0 saturated heterocycles. The Morgan fingerprint density at radius 3 is 2.60 bits per heavy atom. The van der Waals surface area contributed by atoms with Gasteiger partial charge in [-0.2, -0.15) is 11.8 Å². The third-order valence-corrected chi connectivity index (χ3v) is 6.58. The van der Waals surface area contributed by atoms with E-state index >= 15 is 0 Å². The Hall–Kier alpha value is -1.90. The molecule has 0 aliphatic heterocycles. The van der Waals surface area contributed by atoms with E-state index in [1.807, 2.05) is 31.2 Å². The summed E-state index contributed by atoms with van der Waals surface area (Å²) in [7, 11) is -3.61. The van der Waals surface area contributed by atoms with E-state index in [9.17, 15) is 13.2 Å². The average molecular weight is 471 g/mol. The Morgan fingerprint density at radius 1 is 1.20 bits per heavy atom. The second kappa shape index (κ2) is 12.1. The van der Waals surface area contributed by atoms with E-state index in [0.29, 0.717) is 24.6 Å². The number of nitrogens with zero attached hydrogens (tertiary/aromatic N) is 1. The normalized spacial score (nSPS) is 11.2. The van der Waals surface area contributed by atoms with Crippen molar-refractivity contribution in [1.82, 2.24) is 5.32 Å². The summed E-state index contributed by atoms with van der Waals surface area (Å²) in [4.78, 5) is 12.3. The number of anilines is 1. The number of carbonyl (C=O) groups excluding carboxylic acids is 1. The highest BCUT2D eigenvalue weighted by molar-refractivity contribution is 7.98. The molecule has 1 amide bonds. The van der Waals surface area contributed by atoms with Crippen LogP contribution in [0.5, 0.6) is 5.75 Å². The van der Waals surface area contributed by atoms with Gasteiger partial charge in [0.1, 0.15) is 12.3 Å². The van der Waals surface area contributed by atoms with Crippen molar-refractivity contribution >= 4 is 45.0 Å². The summed E-state index contributed by atoms with van der Waals surface area (Å²) in [6.07, 6.45) is 1.88. The first-order chi connectivity index (χ1) is 14.3. The average Bonchev–Trinajstić information content (AvgIpc) is 2.70. The Balaban J connectivity index is 1.79. The van der Waals surface area contributed by atoms with Crippen molar-refractivity contribution in [3.05, 3.63) is 59.1 Å². The highest BCUT2D eigenvalue weighted by atomic mass is 35.5. The van der Waals surface area contributed by atoms with Gasteiger partial charge in [-0.25, -0.2) is 8.42 Å². The van der Waals surface area contributed by atoms with Gasteiger partial charge < -0.3 is 10.1 Å². The molecule has 0 atom stereocenters. The SMILES string of the molecule is CCOc1cccc(N(CC(=O)NCCCSCc2ccc(Cl)cc2)S(C)(=O)=O)c1. The van der Waals surface area contributed by atoms with E-state index in [4.69, 9.17) is 16.3 Å². The largest absolute Gasteiger partial charge is 0.494 e. The van der Waals surface area contributed by atoms with Crippen LogP contribution >= 0.6 is 23.4 Å². The summed E-state index contributed by atoms with van der Waals surface area (Å²) in [5.74, 6) is 1.98. The lowest BCUT2D eigenvalue weighted by Crippen LogP contribution is -2.40. The van der Waals surface area contributed by atoms with Crippen molar-refractivity contribution in [3.8, 4) is 5.75 Å². The molecule has 0 radical (unpaired) electrons. The van der Waals surface area contributed by atoms with E-state index in [1.165, 1.54) is 5.56 Å². The Labute approximate surface area is 188 Å². The Kier molecular flexibility index (Phi) is 9.81. The number of sulfonamides is 1. The van der Waals surface area contributed by atoms with E-state index in [-0.39, 0.29) is 12.5 Å². The van der Waals surface area contributed by atoms with Gasteiger partial charge in [0.2, 0.25) is 15.9 Å². The zero-order chi connectivity index (χ0) is 22.0. The van der Waals surface area contributed by atoms with Gasteiger partial charge in [0.05, 0.1) is 18.6 Å². The maximum Gasteiger partial charge on any atom is 0.240 e. The molecule has 0 saturated carbocycles. The number of carbonyl (C=O) groups is 1. The summed E-state index contributed by atoms with van der Waals surface area (Å²) in [5, 5.41) is 3.52. The molecule has 2 rings (SSSR count). The molecule has 0 aliphatic carbocycles. The van der Waals surface area contributed by atoms with Gasteiger partial charge in [0.25, 0.3) is 0 Å². The lowest BCUT2D eigenvalue weighted by atomic mass is 10.2. The number of ether oxygens (including phenoxy) is 1. The topological polar surface area (TPSA) is 75.7 Å². The highest BCUT2D eigenvalue weighted by Gasteiger charge is 2.21. The van der Waals surface area contributed by atoms with Crippen LogP contribution in [0.25, 0.3) is 0 Å². The minimum Gasteiger partial charge on any atom is -0.494 e. The molecule has 6 nitrogen and oxygen atoms in total. The van der Waals surface area contributed by atoms with Crippen molar-refractivity contribution in [3.63, 3.8) is 0 Å². The second-order valence-corrected chi connectivity index (χ2v) is 10.0. The summed E-state index contributed by atoms with van der Waals surface area (Å²) in [5.41, 5.74) is 1.60. The molecule has 164 valence electrons. The first-order valence-corrected chi connectivity index (χ1v) is 13.0. The molecule has 2 aromatic rings. The van der Waals surface area contributed by atoms with Crippen LogP contribution < -0.4 is 14.4 Å². The van der Waals surface area contributed by atoms with Crippen molar-refractivity contribution in [2.45, 2.75) is 19.1 Å². The summed E-state index contributed by atoms with van der Waals surface area (Å²) in [6, 6.07) is 14.4. The predicted octanol–water partition coefficient (Wildman–Crippen LogP) is 3.94. The number of rotatable bonds is 12. The molecular weight excluding hydrogens is 444 g/mol. The van der Waals surface area contributed by atoms with Crippen molar-refractivity contribution in [2.75, 3.05) is 36.0 Å². The lowest BCUT2D eigenvalue weighted by Gasteiger charge is -2.22. The number of hydrogen-bond donors (Lipinski definition) is 1. The minimum absolute atomic E-state index is 0.271. The fourth-order valence-corrected chi connectivity index (χ4v) is 4.55. The van der Waals surface area contributed by atoms with Crippen molar-refractivity contribution in [2.24, 2.45) is 0 Å². The van der Waals surface area contributed by atoms with E-state index < -0.39 is 10.0 Å². The van der Waals surface area contributed by atoms with Crippen molar-refractivity contribution < 1.29 is 17.9 Å². The zero-order valence-electron chi connectivity index (χ0n) is 17.1. The van der Waals surface area contributed by atoms with Crippen LogP contribution in [0.4, 0.5) is 5.69 Å². The molecule has 0 aliphatic rings. The fourth-order valence-electron chi connectivity index (χ4n) is 2.65. The van der Waals surface area contributed by atoms with Gasteiger partial charge in [-0.05, 0) is 48.9 Å². The predicted molar refractivity (Wildman–Crippen MR) is 125 cm³/mol. The smallest absolute Gasteiger partial charge is 0.240 e. The van der Waals surface area contributed by atoms with Crippen LogP contribution in [0.1, 0.15) is 18.9 Å². The highest BCUT2D eigenvalue weighted by Crippen LogP contribution is 2.23. The molecule has 9 heteroatoms. The summed E-state index contributed by atoms with van der Waals surface area (Å²) in [6.45, 7) is 2.54. The van der Waals surface area contributed by atoms with Gasteiger partial charge >= 0.3 is 0 Å². The van der Waals surface area contributed by atoms with E-state index in [1.54, 1.807) is 36.0 Å². The summed E-state index contributed by atoms with van der Waals surface area (Å²) >= 11 is 7.65. The van der Waals surface area contributed by atoms with Crippen LogP contribution in [0.3, 0.4) is 0 Å². The van der Waals surface area contributed by atoms with Gasteiger partial charge in [-0.15, -0.1) is 0 Å². The lowest BCUT2D eigenvalue weighted by molar-refractivity contribution is -0.119. The molecular formula is C21H27ClN2O4S2. The quantitative estimate of drug-likeness (QED) is 0.475. The second-order valence-electron chi connectivity index (χ2n) is 6.58. The van der Waals surface area contributed by atoms with Crippen LogP contribution in [-0.2, 0) is 20.6 Å². The molecule has 0 spiro atoms. The third-order valence-electron chi connectivity index (χ3n) is 4.07. The minimum atomic E-state index is -3.61. The zero-order valence-corrected chi connectivity index (χ0v) is 19.5. The van der Waals surface area contributed by atoms with Crippen LogP contribution in [-0.4, -0.2) is 46.0 Å². The first kappa shape index (κ1) is 24.4. The number of benzene rings is 2. The van der Waals surface area contributed by atoms with Crippen LogP contribution in [0, 0.1) is 0 Å². The summed E-state index contributed by atoms with van der Waals surface area (Å²) < 4.78 is 30.9. The monoisotopic (exact) mass is 470 g/mol. The van der Waals surface area contributed by atoms with Crippen molar-refractivity contribution in [1.29, 1.82) is 0 Å². The number of halogens is 1. The maximum atomic E-state index is 12.3. The molecule has 30 heavy (non-hydrogen) atoms. The van der Waals surface area contributed by atoms with E-state index in [0.717, 1.165) is 33.5 Å². The fraction of sp³-hybridized carbons (Fsp3) is 0.381. The number of nitrogens with one attached hydrogen (secondary N) is 1. The maximum absolute atomic E-state index is 12.3. The van der Waals surface area contributed by atoms with Crippen LogP contribution in [0.2, 0.25) is 5.02 Å². The van der Waals surface area contributed by atoms with E-state index in [2.05, 4.69) is 5.32 Å². The third kappa shape index (κ3) is 8.45. The Bertz CT molecular complexity index is 921. The standard InChI is InChI=1S/C21H27ClN2O4S2/c1-3-28-20-7-4-6-19(14-20)24(30(2,26)27)15-21(25)23-12-5-13-29-16-17-8-10-18(22)11-9-17/h4,6-11,14H,3,5,12-13,15-16H2,1-2H3,(H,23,25). The number of thioether (sulfide) groups is 1. The molecule has 0 heterocycles. The number of amides is 1. The van der Waals surface area contributed by atoms with Gasteiger partial charge in [0, 0.05) is 23.4 Å². The molecule has 1 N–H and O–H groups in total. The van der Waals surface area contributed by atoms with Gasteiger partial charge in [-0.3, -0.25) is 9.10 Å². The molecule has 0 unspecified atom stereocenters. The molecule has 2 aromatic carbocycles. The Morgan fingerprint density at radius 2 is 1.93 bits per heavy atom. The van der Waals surface area contributed by atoms with Crippen LogP contribution in [0.15, 0.2) is 48.5 Å². The first-order valence-electron chi connectivity index (χ1n) is 9.59. The molecule has 0 bridgehead atoms. The molecule has 0 aromatic heterocycles. The van der Waals surface area contributed by atoms with Gasteiger partial charge in [-0.1, -0.05) is 29.8 Å². The molecule has 0 fully saturated rings.